The summed E-state index contributed by atoms with van der Waals surface area (Å²) in [5.41, 5.74) is 2.91. The highest BCUT2D eigenvalue weighted by atomic mass is 35.5. The molecule has 0 aromatic heterocycles. The Balaban J connectivity index is -0.000000622. The Morgan fingerprint density at radius 2 is 0.640 bits per heavy atom. The number of halogens is 2. The molecule has 40 heteroatoms. The van der Waals surface area contributed by atoms with Crippen molar-refractivity contribution in [3.8, 4) is 0 Å². The number of ether oxygens (including phenoxy) is 8. The number of carboxylic acid groups (broad SMARTS) is 1. The van der Waals surface area contributed by atoms with Gasteiger partial charge in [-0.3, -0.25) is 99.0 Å². The lowest BCUT2D eigenvalue weighted by Crippen LogP contribution is -2.32. The van der Waals surface area contributed by atoms with Crippen LogP contribution in [0.4, 0.5) is 34.1 Å². The number of methoxy groups -OCH3 is 8. The van der Waals surface area contributed by atoms with Crippen molar-refractivity contribution in [1.29, 1.82) is 0 Å². The molecule has 6 rings (SSSR count). The number of aldehydes is 1. The molecule has 114 heavy (non-hydrogen) atoms. The molecule has 0 bridgehead atoms. The van der Waals surface area contributed by atoms with Crippen molar-refractivity contribution in [3.63, 3.8) is 0 Å². The average molecular weight is 1650 g/mol. The molecule has 6 aromatic carbocycles. The van der Waals surface area contributed by atoms with Crippen molar-refractivity contribution >= 4 is 125 Å². The fraction of sp³-hybridized carbons (Fsp3) is 0.351. The molecular weight excluding hydrogens is 1560 g/mol. The van der Waals surface area contributed by atoms with Crippen LogP contribution in [0, 0.1) is 66.6 Å². The van der Waals surface area contributed by atoms with Gasteiger partial charge in [0.05, 0.1) is 106 Å². The fourth-order valence-electron chi connectivity index (χ4n) is 9.45. The number of rotatable bonds is 29. The SMILES string of the molecule is CCC(CC(=O)O)c1cccc([N+](=O)[O-])c1.CCC(CC(=O)OC)c1cccc([N+](=O)[O-])c1.CCC(c1cccc([N+](=O)[O-])c1)C(C(=O)OC)C(=O)OC.CC[C@@H](CC(=O)OC)c1cccc([N+](=O)[O-])c1.CO.COC(=O)C(=Cc1cccc([N+](=O)[O-])c1)C(=O)OC.COC(=O)CC(=O)OC.Cl.Cl.O=Cc1cccc([N+](=O)[O-])c1. The second-order valence-electron chi connectivity index (χ2n) is 22.1. The van der Waals surface area contributed by atoms with Gasteiger partial charge in [-0.1, -0.05) is 100 Å². The highest BCUT2D eigenvalue weighted by Crippen LogP contribution is 2.33. The van der Waals surface area contributed by atoms with Gasteiger partial charge in [0.2, 0.25) is 0 Å². The monoisotopic (exact) mass is 1640 g/mol. The Kier molecular flexibility index (Phi) is 56.2. The van der Waals surface area contributed by atoms with Crippen molar-refractivity contribution in [1.82, 2.24) is 0 Å². The first kappa shape index (κ1) is 107. The molecule has 622 valence electrons. The van der Waals surface area contributed by atoms with Gasteiger partial charge in [0.25, 0.3) is 34.1 Å². The summed E-state index contributed by atoms with van der Waals surface area (Å²) in [5.74, 6) is -7.80. The summed E-state index contributed by atoms with van der Waals surface area (Å²) in [4.78, 5) is 171. The van der Waals surface area contributed by atoms with Crippen LogP contribution >= 0.6 is 24.8 Å². The predicted molar refractivity (Wildman–Crippen MR) is 412 cm³/mol. The number of aliphatic carboxylic acids is 1. The number of nitro groups is 6. The molecule has 0 radical (unpaired) electrons. The van der Waals surface area contributed by atoms with Crippen LogP contribution in [0.1, 0.15) is 141 Å². The quantitative estimate of drug-likeness (QED) is 0.00643. The zero-order chi connectivity index (χ0) is 85.8. The number of hydrogen-bond donors (Lipinski definition) is 2. The molecule has 38 nitrogen and oxygen atoms in total. The summed E-state index contributed by atoms with van der Waals surface area (Å²) < 4.78 is 35.8. The molecule has 0 saturated carbocycles. The second kappa shape index (κ2) is 59.7. The van der Waals surface area contributed by atoms with E-state index in [-0.39, 0.29) is 120 Å². The van der Waals surface area contributed by atoms with Crippen LogP contribution in [0.15, 0.2) is 151 Å². The molecule has 0 fully saturated rings. The van der Waals surface area contributed by atoms with E-state index in [1.54, 1.807) is 49.4 Å². The van der Waals surface area contributed by atoms with E-state index in [1.165, 1.54) is 152 Å². The molecule has 0 aliphatic carbocycles. The van der Waals surface area contributed by atoms with E-state index >= 15 is 0 Å². The minimum atomic E-state index is -1.15. The van der Waals surface area contributed by atoms with E-state index in [9.17, 15) is 109 Å². The molecule has 0 saturated heterocycles. The molecular formula is C74H90Cl2N6O32. The van der Waals surface area contributed by atoms with Crippen LogP contribution in [-0.4, -0.2) is 164 Å². The average Bonchev–Trinajstić information content (AvgIpc) is 0.819. The minimum Gasteiger partial charge on any atom is -0.481 e. The van der Waals surface area contributed by atoms with E-state index in [4.69, 9.17) is 10.2 Å². The largest absolute Gasteiger partial charge is 0.481 e. The molecule has 0 aliphatic heterocycles. The molecule has 4 atom stereocenters. The Hall–Kier alpha value is -13.1. The Bertz CT molecular complexity index is 4070. The van der Waals surface area contributed by atoms with Gasteiger partial charge >= 0.3 is 53.7 Å². The van der Waals surface area contributed by atoms with Gasteiger partial charge in [-0.15, -0.1) is 24.8 Å². The maximum Gasteiger partial charge on any atom is 0.345 e. The number of hydrogen-bond acceptors (Lipinski definition) is 31. The van der Waals surface area contributed by atoms with Gasteiger partial charge in [0, 0.05) is 91.4 Å². The van der Waals surface area contributed by atoms with E-state index in [0.29, 0.717) is 41.4 Å². The highest BCUT2D eigenvalue weighted by Gasteiger charge is 2.37. The molecule has 3 unspecified atom stereocenters. The van der Waals surface area contributed by atoms with Gasteiger partial charge in [-0.2, -0.15) is 0 Å². The number of esters is 8. The lowest BCUT2D eigenvalue weighted by Gasteiger charge is -2.22. The number of aliphatic hydroxyl groups is 1. The molecule has 2 N–H and O–H groups in total. The number of nitrogens with zero attached hydrogens (tertiary/aromatic N) is 6. The van der Waals surface area contributed by atoms with Crippen LogP contribution in [-0.2, 0) is 81.0 Å². The van der Waals surface area contributed by atoms with Gasteiger partial charge in [0.15, 0.2) is 5.92 Å². The number of benzene rings is 6. The predicted octanol–water partition coefficient (Wildman–Crippen LogP) is 12.8. The Labute approximate surface area is 665 Å². The topological polar surface area (TPSA) is 544 Å². The normalized spacial score (nSPS) is 10.6. The molecule has 0 heterocycles. The lowest BCUT2D eigenvalue weighted by molar-refractivity contribution is -0.385. The van der Waals surface area contributed by atoms with Crippen molar-refractivity contribution in [2.45, 2.75) is 103 Å². The summed E-state index contributed by atoms with van der Waals surface area (Å²) in [6, 6.07) is 35.8. The lowest BCUT2D eigenvalue weighted by atomic mass is 9.83. The number of aliphatic hydroxyl groups excluding tert-OH is 1. The number of nitro benzene ring substituents is 6. The standard InChI is InChI=1S/C14H17NO6.C12H11NO6.2C12H15NO4.C11H13NO4.C7H5NO3.C5H8O4.CH4O.2ClH/c1-4-11(12(13(16)20-2)14(17)21-3)9-6-5-7-10(8-9)15(18)19;1-18-11(14)10(12(15)19-2)7-8-4-3-5-9(6-8)13(16)17;2*1-3-9(8-12(14)17-2)10-5-4-6-11(7-10)13(15)16;1-2-8(7-11(13)14)9-4-3-5-10(6-9)12(15)16;9-5-6-2-1-3-7(4-6)8(10)11;1-8-4(6)3-5(7)9-2;1-2;;/h5-8,11-12H,4H2,1-3H3;3-7H,1-2H3;2*4-7,9H,3,8H2,1-2H3;3-6,8H,2,7H2,1H3,(H,13,14);1-5H;3H2,1-2H3;2H,1H3;2*1H/t;;9-;;;;;;;/m..0......./s1. The van der Waals surface area contributed by atoms with E-state index < -0.39 is 83.2 Å². The summed E-state index contributed by atoms with van der Waals surface area (Å²) in [6.45, 7) is 7.52. The van der Waals surface area contributed by atoms with Crippen molar-refractivity contribution < 1.29 is 126 Å². The number of carbonyl (C=O) groups excluding carboxylic acids is 9. The number of carbonyl (C=O) groups is 10. The fourth-order valence-corrected chi connectivity index (χ4v) is 9.45. The van der Waals surface area contributed by atoms with Gasteiger partial charge in [0.1, 0.15) is 18.3 Å². The van der Waals surface area contributed by atoms with Crippen LogP contribution in [0.25, 0.3) is 6.08 Å². The van der Waals surface area contributed by atoms with Crippen LogP contribution in [0.2, 0.25) is 0 Å². The number of carboxylic acids is 1. The Morgan fingerprint density at radius 1 is 0.368 bits per heavy atom. The molecule has 0 aliphatic rings. The third kappa shape index (κ3) is 40.5. The first-order valence-electron chi connectivity index (χ1n) is 33.0. The third-order valence-electron chi connectivity index (χ3n) is 15.3. The Morgan fingerprint density at radius 3 is 0.904 bits per heavy atom. The zero-order valence-electron chi connectivity index (χ0n) is 64.2. The van der Waals surface area contributed by atoms with E-state index in [0.717, 1.165) is 45.3 Å². The first-order valence-corrected chi connectivity index (χ1v) is 33.0. The minimum absolute atomic E-state index is 0. The van der Waals surface area contributed by atoms with Crippen molar-refractivity contribution in [2.75, 3.05) is 64.0 Å². The maximum absolute atomic E-state index is 11.8. The van der Waals surface area contributed by atoms with Gasteiger partial charge in [-0.05, 0) is 77.3 Å². The third-order valence-corrected chi connectivity index (χ3v) is 15.3. The van der Waals surface area contributed by atoms with E-state index in [1.807, 2.05) is 20.8 Å². The summed E-state index contributed by atoms with van der Waals surface area (Å²) in [5, 5.41) is 79.2. The summed E-state index contributed by atoms with van der Waals surface area (Å²) >= 11 is 0. The van der Waals surface area contributed by atoms with Crippen molar-refractivity contribution in [3.05, 3.63) is 245 Å². The number of non-ortho nitro benzene ring substituents is 6. The van der Waals surface area contributed by atoms with Gasteiger partial charge in [-0.25, -0.2) is 9.59 Å². The van der Waals surface area contributed by atoms with Crippen LogP contribution < -0.4 is 0 Å². The second-order valence-corrected chi connectivity index (χ2v) is 22.1. The molecule has 6 aromatic rings. The smallest absolute Gasteiger partial charge is 0.345 e. The van der Waals surface area contributed by atoms with Crippen molar-refractivity contribution in [2.24, 2.45) is 5.92 Å². The summed E-state index contributed by atoms with van der Waals surface area (Å²) in [6.07, 6.45) is 4.46. The van der Waals surface area contributed by atoms with Gasteiger partial charge < -0.3 is 48.1 Å². The highest BCUT2D eigenvalue weighted by molar-refractivity contribution is 6.17. The maximum atomic E-state index is 11.8. The first-order chi connectivity index (χ1) is 53.1. The zero-order valence-corrected chi connectivity index (χ0v) is 65.8. The summed E-state index contributed by atoms with van der Waals surface area (Å²) in [7, 11) is 10.7. The molecule has 0 spiro atoms. The van der Waals surface area contributed by atoms with Crippen LogP contribution in [0.5, 0.6) is 0 Å². The van der Waals surface area contributed by atoms with E-state index in [2.05, 4.69) is 37.9 Å². The molecule has 0 amide bonds. The van der Waals surface area contributed by atoms with Crippen LogP contribution in [0.3, 0.4) is 0 Å².